The number of pyridine rings is 1. The summed E-state index contributed by atoms with van der Waals surface area (Å²) in [7, 11) is 5.46. The van der Waals surface area contributed by atoms with Crippen LogP contribution < -0.4 is 26.0 Å². The summed E-state index contributed by atoms with van der Waals surface area (Å²) < 4.78 is 5.52. The van der Waals surface area contributed by atoms with Crippen molar-refractivity contribution in [2.45, 2.75) is 32.9 Å². The van der Waals surface area contributed by atoms with Crippen LogP contribution in [-0.2, 0) is 16.1 Å². The second kappa shape index (κ2) is 9.77. The van der Waals surface area contributed by atoms with E-state index in [1.54, 1.807) is 18.2 Å². The number of hydrogen-bond acceptors (Lipinski definition) is 9. The Morgan fingerprint density at radius 3 is 2.75 bits per heavy atom. The second-order valence-electron chi connectivity index (χ2n) is 8.00. The molecule has 0 bridgehead atoms. The number of amides is 2. The number of nitrogens with two attached hydrogens (primary N) is 1. The van der Waals surface area contributed by atoms with Crippen LogP contribution in [0, 0.1) is 13.8 Å². The summed E-state index contributed by atoms with van der Waals surface area (Å²) in [5.41, 5.74) is 8.74. The second-order valence-corrected chi connectivity index (χ2v) is 8.00. The molecule has 4 N–H and O–H groups in total. The number of likely N-dealkylation sites (N-methyl/N-ethyl adjacent to an activating group) is 1. The topological polar surface area (TPSA) is 139 Å². The number of hydrogen-bond donors (Lipinski definition) is 3. The van der Waals surface area contributed by atoms with Crippen molar-refractivity contribution in [3.05, 3.63) is 29.2 Å². The van der Waals surface area contributed by atoms with Crippen LogP contribution in [0.4, 0.5) is 17.5 Å². The molecule has 0 saturated heterocycles. The normalized spacial score (nSPS) is 15.4. The Kier molecular flexibility index (Phi) is 7.08. The molecule has 2 amide bonds. The number of aryl methyl sites for hydroxylation is 1. The number of carbonyl (C=O) groups excluding carboxylic acids is 2. The molecule has 0 radical (unpaired) electrons. The smallest absolute Gasteiger partial charge is 0.247 e. The highest BCUT2D eigenvalue weighted by Crippen LogP contribution is 2.34. The van der Waals surface area contributed by atoms with Crippen molar-refractivity contribution in [1.29, 1.82) is 0 Å². The monoisotopic (exact) mass is 442 g/mol. The molecule has 3 rings (SSSR count). The van der Waals surface area contributed by atoms with Gasteiger partial charge < -0.3 is 30.9 Å². The lowest BCUT2D eigenvalue weighted by atomic mass is 10.0. The van der Waals surface area contributed by atoms with Gasteiger partial charge in [0.15, 0.2) is 5.82 Å². The highest BCUT2D eigenvalue weighted by atomic mass is 16.5. The fourth-order valence-corrected chi connectivity index (χ4v) is 3.64. The van der Waals surface area contributed by atoms with Gasteiger partial charge in [0.05, 0.1) is 32.0 Å². The maximum absolute atomic E-state index is 12.9. The number of nitrogens with zero attached hydrogens (tertiary/aromatic N) is 5. The number of rotatable bonds is 8. The molecule has 11 nitrogen and oxygen atoms in total. The van der Waals surface area contributed by atoms with E-state index in [4.69, 9.17) is 10.5 Å². The van der Waals surface area contributed by atoms with Crippen molar-refractivity contribution >= 4 is 29.3 Å². The number of nitrogen functional groups attached to an aromatic ring is 1. The van der Waals surface area contributed by atoms with Crippen LogP contribution in [0.5, 0.6) is 5.75 Å². The average molecular weight is 443 g/mol. The van der Waals surface area contributed by atoms with E-state index < -0.39 is 6.04 Å². The Morgan fingerprint density at radius 1 is 1.31 bits per heavy atom. The van der Waals surface area contributed by atoms with E-state index in [-0.39, 0.29) is 30.7 Å². The van der Waals surface area contributed by atoms with Crippen LogP contribution >= 0.6 is 0 Å². The number of ether oxygens (including phenoxy) is 1. The summed E-state index contributed by atoms with van der Waals surface area (Å²) in [6, 6.07) is -0.787. The van der Waals surface area contributed by atoms with Gasteiger partial charge in [0.2, 0.25) is 17.8 Å². The van der Waals surface area contributed by atoms with Gasteiger partial charge in [0.25, 0.3) is 0 Å². The van der Waals surface area contributed by atoms with Gasteiger partial charge in [-0.2, -0.15) is 4.98 Å². The van der Waals surface area contributed by atoms with Crippen molar-refractivity contribution in [1.82, 2.24) is 25.2 Å². The van der Waals surface area contributed by atoms with Crippen LogP contribution in [-0.4, -0.2) is 72.0 Å². The first kappa shape index (κ1) is 23.2. The highest BCUT2D eigenvalue weighted by molar-refractivity contribution is 6.04. The van der Waals surface area contributed by atoms with Gasteiger partial charge >= 0.3 is 0 Å². The maximum atomic E-state index is 12.9. The van der Waals surface area contributed by atoms with Crippen molar-refractivity contribution in [2.75, 3.05) is 50.2 Å². The molecule has 1 aliphatic heterocycles. The third-order valence-electron chi connectivity index (χ3n) is 5.33. The van der Waals surface area contributed by atoms with Gasteiger partial charge in [-0.25, -0.2) is 4.98 Å². The zero-order chi connectivity index (χ0) is 23.4. The molecule has 2 aromatic heterocycles. The quantitative estimate of drug-likeness (QED) is 0.532. The van der Waals surface area contributed by atoms with E-state index in [1.165, 1.54) is 6.20 Å². The summed E-state index contributed by atoms with van der Waals surface area (Å²) in [6.07, 6.45) is 3.15. The molecule has 0 unspecified atom stereocenters. The fourth-order valence-electron chi connectivity index (χ4n) is 3.64. The first-order valence-electron chi connectivity index (χ1n) is 10.3. The number of nitrogens with one attached hydrogen (secondary N) is 2. The minimum atomic E-state index is -0.787. The van der Waals surface area contributed by atoms with E-state index in [9.17, 15) is 9.59 Å². The predicted octanol–water partition coefficient (Wildman–Crippen LogP) is 0.474. The first-order valence-corrected chi connectivity index (χ1v) is 10.3. The van der Waals surface area contributed by atoms with Gasteiger partial charge in [-0.15, -0.1) is 0 Å². The maximum Gasteiger partial charge on any atom is 0.247 e. The minimum absolute atomic E-state index is 0.0371. The summed E-state index contributed by atoms with van der Waals surface area (Å²) in [4.78, 5) is 42.1. The van der Waals surface area contributed by atoms with Crippen molar-refractivity contribution in [2.24, 2.45) is 0 Å². The molecule has 11 heteroatoms. The van der Waals surface area contributed by atoms with Crippen molar-refractivity contribution in [3.63, 3.8) is 0 Å². The molecule has 0 aromatic carbocycles. The van der Waals surface area contributed by atoms with Gasteiger partial charge in [0, 0.05) is 30.4 Å². The van der Waals surface area contributed by atoms with Gasteiger partial charge in [-0.05, 0) is 27.9 Å². The fraction of sp³-hybridized carbons (Fsp3) is 0.476. The molecule has 2 aromatic rings. The molecule has 0 saturated carbocycles. The third kappa shape index (κ3) is 5.05. The lowest BCUT2D eigenvalue weighted by Crippen LogP contribution is -2.51. The van der Waals surface area contributed by atoms with Crippen LogP contribution in [0.3, 0.4) is 0 Å². The Hall–Kier alpha value is -3.47. The highest BCUT2D eigenvalue weighted by Gasteiger charge is 2.36. The summed E-state index contributed by atoms with van der Waals surface area (Å²) >= 11 is 0. The molecular formula is C21H30N8O3. The predicted molar refractivity (Wildman–Crippen MR) is 121 cm³/mol. The Labute approximate surface area is 187 Å². The van der Waals surface area contributed by atoms with Gasteiger partial charge in [-0.3, -0.25) is 14.6 Å². The molecule has 0 aliphatic carbocycles. The Morgan fingerprint density at radius 2 is 2.06 bits per heavy atom. The molecule has 3 heterocycles. The average Bonchev–Trinajstić information content (AvgIpc) is 2.73. The first-order chi connectivity index (χ1) is 15.2. The van der Waals surface area contributed by atoms with Crippen molar-refractivity contribution < 1.29 is 14.3 Å². The zero-order valence-corrected chi connectivity index (χ0v) is 19.1. The zero-order valence-electron chi connectivity index (χ0n) is 19.1. The Bertz CT molecular complexity index is 1010. The van der Waals surface area contributed by atoms with E-state index in [0.717, 1.165) is 16.9 Å². The molecule has 32 heavy (non-hydrogen) atoms. The van der Waals surface area contributed by atoms with Crippen molar-refractivity contribution in [3.8, 4) is 5.75 Å². The van der Waals surface area contributed by atoms with Gasteiger partial charge in [0.1, 0.15) is 17.5 Å². The van der Waals surface area contributed by atoms with Crippen LogP contribution in [0.25, 0.3) is 0 Å². The molecule has 1 aliphatic rings. The third-order valence-corrected chi connectivity index (χ3v) is 5.33. The Balaban J connectivity index is 1.93. The van der Waals surface area contributed by atoms with E-state index in [0.29, 0.717) is 30.3 Å². The van der Waals surface area contributed by atoms with Gasteiger partial charge in [-0.1, -0.05) is 0 Å². The number of carbonyl (C=O) groups is 2. The van der Waals surface area contributed by atoms with E-state index in [2.05, 4.69) is 25.6 Å². The number of methoxy groups -OCH3 is 1. The molecule has 0 fully saturated rings. The van der Waals surface area contributed by atoms with Crippen LogP contribution in [0.2, 0.25) is 0 Å². The molecule has 172 valence electrons. The number of aromatic nitrogens is 3. The molecule has 0 spiro atoms. The van der Waals surface area contributed by atoms with E-state index >= 15 is 0 Å². The van der Waals surface area contributed by atoms with Crippen LogP contribution in [0.15, 0.2) is 12.4 Å². The number of fused-ring (bicyclic) bond motifs is 1. The molecular weight excluding hydrogens is 412 g/mol. The minimum Gasteiger partial charge on any atom is -0.496 e. The standard InChI is InChI=1S/C21H30N8O3/c1-12-9-24-15(13(2)18(12)32-5)11-29-16(8-17(30)23-6-7-28(3)4)20(31)26-14-10-25-21(22)27-19(14)29/h9-10,16H,6-8,11H2,1-5H3,(H,23,30)(H,26,31)(H2,22,25,27)/t16-/m1/s1. The van der Waals surface area contributed by atoms with E-state index in [1.807, 2.05) is 32.8 Å². The summed E-state index contributed by atoms with van der Waals surface area (Å²) in [5, 5.41) is 5.64. The van der Waals surface area contributed by atoms with Crippen LogP contribution in [0.1, 0.15) is 23.2 Å². The number of anilines is 3. The SMILES string of the molecule is COc1c(C)cnc(CN2c3nc(N)ncc3NC(=O)[C@H]2CC(=O)NCCN(C)C)c1C. The lowest BCUT2D eigenvalue weighted by molar-refractivity contribution is -0.125. The largest absolute Gasteiger partial charge is 0.496 e. The molecule has 1 atom stereocenters. The lowest BCUT2D eigenvalue weighted by Gasteiger charge is -2.36. The summed E-state index contributed by atoms with van der Waals surface area (Å²) in [6.45, 7) is 5.26. The summed E-state index contributed by atoms with van der Waals surface area (Å²) in [5.74, 6) is 0.713.